The van der Waals surface area contributed by atoms with Gasteiger partial charge in [0.1, 0.15) is 0 Å². The van der Waals surface area contributed by atoms with E-state index in [-0.39, 0.29) is 11.2 Å². The molecule has 72 valence electrons. The van der Waals surface area contributed by atoms with Crippen LogP contribution >= 0.6 is 15.9 Å². The Hall–Kier alpha value is -1.29. The summed E-state index contributed by atoms with van der Waals surface area (Å²) in [5, 5.41) is 0.966. The number of fused-ring (bicyclic) bond motifs is 1. The number of nitrogens with two attached hydrogens (primary N) is 1. The van der Waals surface area contributed by atoms with E-state index >= 15 is 0 Å². The van der Waals surface area contributed by atoms with E-state index in [4.69, 9.17) is 5.73 Å². The first-order valence-corrected chi connectivity index (χ1v) is 4.93. The van der Waals surface area contributed by atoms with Gasteiger partial charge in [-0.3, -0.25) is 4.79 Å². The molecule has 1 aromatic heterocycles. The second kappa shape index (κ2) is 3.13. The highest BCUT2D eigenvalue weighted by atomic mass is 79.9. The molecule has 0 radical (unpaired) electrons. The van der Waals surface area contributed by atoms with Crippen LogP contribution in [0.3, 0.4) is 0 Å². The quantitative estimate of drug-likeness (QED) is 0.779. The Labute approximate surface area is 89.3 Å². The van der Waals surface area contributed by atoms with Crippen LogP contribution in [-0.4, -0.2) is 4.57 Å². The van der Waals surface area contributed by atoms with Crippen molar-refractivity contribution in [2.24, 2.45) is 7.05 Å². The molecular formula is C10H9BrN2O. The van der Waals surface area contributed by atoms with E-state index in [0.29, 0.717) is 0 Å². The van der Waals surface area contributed by atoms with Crippen molar-refractivity contribution in [3.63, 3.8) is 0 Å². The summed E-state index contributed by atoms with van der Waals surface area (Å²) in [5.41, 5.74) is 6.58. The normalized spacial score (nSPS) is 10.7. The topological polar surface area (TPSA) is 48.0 Å². The Balaban J connectivity index is 2.99. The van der Waals surface area contributed by atoms with E-state index in [9.17, 15) is 4.79 Å². The van der Waals surface area contributed by atoms with Crippen molar-refractivity contribution < 1.29 is 0 Å². The SMILES string of the molecule is Cn1c(=O)c(N)cc2ccc(Br)cc21. The molecule has 3 nitrogen and oxygen atoms in total. The maximum Gasteiger partial charge on any atom is 0.273 e. The zero-order valence-electron chi connectivity index (χ0n) is 7.62. The van der Waals surface area contributed by atoms with Crippen LogP contribution in [0.5, 0.6) is 0 Å². The maximum absolute atomic E-state index is 11.5. The molecule has 0 aliphatic rings. The van der Waals surface area contributed by atoms with Crippen LogP contribution in [0.25, 0.3) is 10.9 Å². The number of hydrogen-bond acceptors (Lipinski definition) is 2. The maximum atomic E-state index is 11.5. The molecule has 2 rings (SSSR count). The molecule has 1 aromatic carbocycles. The highest BCUT2D eigenvalue weighted by Crippen LogP contribution is 2.19. The van der Waals surface area contributed by atoms with E-state index in [1.54, 1.807) is 17.7 Å². The standard InChI is InChI=1S/C10H9BrN2O/c1-13-9-5-7(11)3-2-6(9)4-8(12)10(13)14/h2-5H,12H2,1H3. The van der Waals surface area contributed by atoms with Crippen molar-refractivity contribution in [2.45, 2.75) is 0 Å². The minimum Gasteiger partial charge on any atom is -0.394 e. The second-order valence-electron chi connectivity index (χ2n) is 3.17. The summed E-state index contributed by atoms with van der Waals surface area (Å²) in [6, 6.07) is 7.45. The van der Waals surface area contributed by atoms with Gasteiger partial charge >= 0.3 is 0 Å². The molecule has 0 unspecified atom stereocenters. The van der Waals surface area contributed by atoms with Crippen LogP contribution in [0.15, 0.2) is 33.5 Å². The lowest BCUT2D eigenvalue weighted by atomic mass is 10.2. The lowest BCUT2D eigenvalue weighted by Crippen LogP contribution is -2.20. The van der Waals surface area contributed by atoms with Gasteiger partial charge in [0.05, 0.1) is 11.2 Å². The van der Waals surface area contributed by atoms with Crippen molar-refractivity contribution >= 4 is 32.5 Å². The molecule has 14 heavy (non-hydrogen) atoms. The van der Waals surface area contributed by atoms with Crippen molar-refractivity contribution in [1.82, 2.24) is 4.57 Å². The molecule has 2 N–H and O–H groups in total. The zero-order valence-corrected chi connectivity index (χ0v) is 9.21. The fraction of sp³-hybridized carbons (Fsp3) is 0.100. The Bertz CT molecular complexity index is 560. The van der Waals surface area contributed by atoms with E-state index in [0.717, 1.165) is 15.4 Å². The molecule has 0 aliphatic carbocycles. The van der Waals surface area contributed by atoms with Gasteiger partial charge in [0, 0.05) is 16.9 Å². The van der Waals surface area contributed by atoms with Gasteiger partial charge in [0.2, 0.25) is 0 Å². The van der Waals surface area contributed by atoms with Gasteiger partial charge in [-0.2, -0.15) is 0 Å². The Morgan fingerprint density at radius 2 is 2.07 bits per heavy atom. The molecule has 4 heteroatoms. The number of hydrogen-bond donors (Lipinski definition) is 1. The van der Waals surface area contributed by atoms with Crippen molar-refractivity contribution in [2.75, 3.05) is 5.73 Å². The third-order valence-electron chi connectivity index (χ3n) is 2.22. The number of nitrogens with zero attached hydrogens (tertiary/aromatic N) is 1. The van der Waals surface area contributed by atoms with E-state index in [1.165, 1.54) is 0 Å². The zero-order chi connectivity index (χ0) is 10.3. The highest BCUT2D eigenvalue weighted by molar-refractivity contribution is 9.10. The number of halogens is 1. The predicted octanol–water partition coefficient (Wildman–Crippen LogP) is 1.88. The van der Waals surface area contributed by atoms with Crippen molar-refractivity contribution in [1.29, 1.82) is 0 Å². The van der Waals surface area contributed by atoms with Crippen LogP contribution in [-0.2, 0) is 7.05 Å². The third kappa shape index (κ3) is 1.32. The number of aromatic nitrogens is 1. The van der Waals surface area contributed by atoms with Crippen LogP contribution in [0, 0.1) is 0 Å². The predicted molar refractivity (Wildman–Crippen MR) is 61.3 cm³/mol. The van der Waals surface area contributed by atoms with Gasteiger partial charge in [-0.05, 0) is 18.2 Å². The summed E-state index contributed by atoms with van der Waals surface area (Å²) >= 11 is 3.36. The average Bonchev–Trinajstić information content (AvgIpc) is 2.16. The molecule has 1 heterocycles. The summed E-state index contributed by atoms with van der Waals surface area (Å²) < 4.78 is 2.50. The first-order valence-electron chi connectivity index (χ1n) is 4.14. The lowest BCUT2D eigenvalue weighted by Gasteiger charge is -2.06. The molecule has 0 amide bonds. The summed E-state index contributed by atoms with van der Waals surface area (Å²) in [7, 11) is 1.72. The van der Waals surface area contributed by atoms with Crippen LogP contribution in [0.1, 0.15) is 0 Å². The molecule has 0 aliphatic heterocycles. The summed E-state index contributed by atoms with van der Waals surface area (Å²) in [5.74, 6) is 0. The summed E-state index contributed by atoms with van der Waals surface area (Å²) in [6.45, 7) is 0. The van der Waals surface area contributed by atoms with E-state index in [2.05, 4.69) is 15.9 Å². The van der Waals surface area contributed by atoms with Gasteiger partial charge in [-0.25, -0.2) is 0 Å². The van der Waals surface area contributed by atoms with Gasteiger partial charge in [-0.15, -0.1) is 0 Å². The van der Waals surface area contributed by atoms with Crippen LogP contribution in [0.4, 0.5) is 5.69 Å². The van der Waals surface area contributed by atoms with Gasteiger partial charge in [-0.1, -0.05) is 22.0 Å². The van der Waals surface area contributed by atoms with Crippen LogP contribution in [0.2, 0.25) is 0 Å². The Morgan fingerprint density at radius 3 is 2.79 bits per heavy atom. The largest absolute Gasteiger partial charge is 0.394 e. The van der Waals surface area contributed by atoms with Gasteiger partial charge in [0.25, 0.3) is 5.56 Å². The number of aryl methyl sites for hydroxylation is 1. The van der Waals surface area contributed by atoms with E-state index in [1.807, 2.05) is 18.2 Å². The minimum atomic E-state index is -0.157. The molecule has 0 spiro atoms. The number of rotatable bonds is 0. The monoisotopic (exact) mass is 252 g/mol. The first kappa shape index (κ1) is 9.27. The van der Waals surface area contributed by atoms with Crippen molar-refractivity contribution in [3.8, 4) is 0 Å². The number of anilines is 1. The summed E-state index contributed by atoms with van der Waals surface area (Å²) in [6.07, 6.45) is 0. The van der Waals surface area contributed by atoms with Gasteiger partial charge < -0.3 is 10.3 Å². The van der Waals surface area contributed by atoms with Crippen LogP contribution < -0.4 is 11.3 Å². The van der Waals surface area contributed by atoms with Gasteiger partial charge in [0.15, 0.2) is 0 Å². The molecule has 0 fully saturated rings. The highest BCUT2D eigenvalue weighted by Gasteiger charge is 2.03. The van der Waals surface area contributed by atoms with E-state index < -0.39 is 0 Å². The number of benzene rings is 1. The van der Waals surface area contributed by atoms with Crippen molar-refractivity contribution in [3.05, 3.63) is 39.1 Å². The molecule has 0 bridgehead atoms. The molecular weight excluding hydrogens is 244 g/mol. The molecule has 0 atom stereocenters. The number of nitrogen functional groups attached to an aromatic ring is 1. The lowest BCUT2D eigenvalue weighted by molar-refractivity contribution is 0.909. The number of pyridine rings is 1. The first-order chi connectivity index (χ1) is 6.59. The second-order valence-corrected chi connectivity index (χ2v) is 4.08. The molecule has 0 saturated heterocycles. The third-order valence-corrected chi connectivity index (χ3v) is 2.71. The molecule has 2 aromatic rings. The summed E-state index contributed by atoms with van der Waals surface area (Å²) in [4.78, 5) is 11.5. The fourth-order valence-electron chi connectivity index (χ4n) is 1.46. The smallest absolute Gasteiger partial charge is 0.273 e. The Kier molecular flexibility index (Phi) is 2.07. The molecule has 0 saturated carbocycles. The average molecular weight is 253 g/mol. The minimum absolute atomic E-state index is 0.157. The fourth-order valence-corrected chi connectivity index (χ4v) is 1.81. The Morgan fingerprint density at radius 1 is 1.36 bits per heavy atom.